The average Bonchev–Trinajstić information content (AvgIpc) is 3.22. The number of carbonyl (C=O) groups excluding carboxylic acids is 1. The first-order chi connectivity index (χ1) is 14.6. The van der Waals surface area contributed by atoms with E-state index >= 15 is 0 Å². The lowest BCUT2D eigenvalue weighted by Gasteiger charge is -2.27. The van der Waals surface area contributed by atoms with Gasteiger partial charge in [0.15, 0.2) is 11.5 Å². The van der Waals surface area contributed by atoms with E-state index in [2.05, 4.69) is 22.1 Å². The Morgan fingerprint density at radius 2 is 1.93 bits per heavy atom. The molecular formula is C23H25N3O4. The molecule has 7 heteroatoms. The van der Waals surface area contributed by atoms with Crippen molar-refractivity contribution in [2.45, 2.75) is 12.8 Å². The van der Waals surface area contributed by atoms with Crippen LogP contribution in [0.2, 0.25) is 0 Å². The third kappa shape index (κ3) is 3.70. The predicted molar refractivity (Wildman–Crippen MR) is 115 cm³/mol. The standard InChI is InChI=1S/C23H25N3O4/c1-28-19-11-15(12-20(29-2)22(19)30-3)13-21(27)26-9-6-16(7-10-26)18-14-25-23-17(18)5-4-8-24-23/h4-6,8,11-12,14H,7,9-10,13H2,1-3H3,(H,24,25). The van der Waals surface area contributed by atoms with Gasteiger partial charge in [-0.1, -0.05) is 6.08 Å². The van der Waals surface area contributed by atoms with Crippen molar-refractivity contribution in [2.75, 3.05) is 34.4 Å². The summed E-state index contributed by atoms with van der Waals surface area (Å²) in [6, 6.07) is 7.65. The number of aromatic amines is 1. The van der Waals surface area contributed by atoms with Gasteiger partial charge in [0.1, 0.15) is 5.65 Å². The maximum Gasteiger partial charge on any atom is 0.227 e. The van der Waals surface area contributed by atoms with E-state index in [1.165, 1.54) is 5.57 Å². The number of amides is 1. The lowest BCUT2D eigenvalue weighted by Crippen LogP contribution is -2.35. The van der Waals surface area contributed by atoms with E-state index in [1.807, 2.05) is 29.3 Å². The molecule has 1 aromatic carbocycles. The summed E-state index contributed by atoms with van der Waals surface area (Å²) in [5.74, 6) is 1.69. The summed E-state index contributed by atoms with van der Waals surface area (Å²) in [7, 11) is 4.70. The van der Waals surface area contributed by atoms with E-state index in [0.29, 0.717) is 30.3 Å². The lowest BCUT2D eigenvalue weighted by molar-refractivity contribution is -0.130. The van der Waals surface area contributed by atoms with E-state index in [0.717, 1.165) is 28.6 Å². The number of nitrogens with one attached hydrogen (secondary N) is 1. The number of nitrogens with zero attached hydrogens (tertiary/aromatic N) is 2. The highest BCUT2D eigenvalue weighted by Gasteiger charge is 2.21. The number of aromatic nitrogens is 2. The third-order valence-corrected chi connectivity index (χ3v) is 5.44. The lowest BCUT2D eigenvalue weighted by atomic mass is 9.99. The molecule has 0 bridgehead atoms. The highest BCUT2D eigenvalue weighted by atomic mass is 16.5. The van der Waals surface area contributed by atoms with Crippen LogP contribution in [0.25, 0.3) is 16.6 Å². The van der Waals surface area contributed by atoms with Crippen LogP contribution < -0.4 is 14.2 Å². The molecule has 1 N–H and O–H groups in total. The summed E-state index contributed by atoms with van der Waals surface area (Å²) in [5.41, 5.74) is 4.11. The second kappa shape index (κ2) is 8.49. The molecule has 0 saturated heterocycles. The zero-order valence-corrected chi connectivity index (χ0v) is 17.4. The molecule has 2 aromatic heterocycles. The van der Waals surface area contributed by atoms with Crippen LogP contribution in [0.4, 0.5) is 0 Å². The zero-order chi connectivity index (χ0) is 21.1. The number of methoxy groups -OCH3 is 3. The van der Waals surface area contributed by atoms with Crippen molar-refractivity contribution in [3.63, 3.8) is 0 Å². The van der Waals surface area contributed by atoms with Gasteiger partial charge in [0, 0.05) is 36.4 Å². The number of fused-ring (bicyclic) bond motifs is 1. The fraction of sp³-hybridized carbons (Fsp3) is 0.304. The molecule has 4 rings (SSSR count). The van der Waals surface area contributed by atoms with Crippen molar-refractivity contribution >= 4 is 22.5 Å². The second-order valence-electron chi connectivity index (χ2n) is 7.13. The first-order valence-electron chi connectivity index (χ1n) is 9.82. The Morgan fingerprint density at radius 3 is 2.57 bits per heavy atom. The van der Waals surface area contributed by atoms with Crippen LogP contribution in [0.1, 0.15) is 17.5 Å². The molecule has 156 valence electrons. The van der Waals surface area contributed by atoms with Crippen molar-refractivity contribution in [3.05, 3.63) is 53.9 Å². The van der Waals surface area contributed by atoms with Gasteiger partial charge in [-0.3, -0.25) is 4.79 Å². The first-order valence-corrected chi connectivity index (χ1v) is 9.82. The summed E-state index contributed by atoms with van der Waals surface area (Å²) in [4.78, 5) is 22.3. The van der Waals surface area contributed by atoms with Crippen LogP contribution >= 0.6 is 0 Å². The molecule has 1 aliphatic rings. The van der Waals surface area contributed by atoms with Gasteiger partial charge < -0.3 is 24.1 Å². The Balaban J connectivity index is 1.48. The Kier molecular flexibility index (Phi) is 5.61. The number of rotatable bonds is 6. The number of benzene rings is 1. The normalized spacial score (nSPS) is 13.8. The van der Waals surface area contributed by atoms with Gasteiger partial charge in [0.2, 0.25) is 11.7 Å². The Labute approximate surface area is 175 Å². The van der Waals surface area contributed by atoms with Crippen molar-refractivity contribution in [1.82, 2.24) is 14.9 Å². The monoisotopic (exact) mass is 407 g/mol. The Bertz CT molecular complexity index is 1080. The SMILES string of the molecule is COc1cc(CC(=O)N2CC=C(c3c[nH]c4ncccc34)CC2)cc(OC)c1OC. The van der Waals surface area contributed by atoms with E-state index < -0.39 is 0 Å². The van der Waals surface area contributed by atoms with Gasteiger partial charge in [-0.05, 0) is 41.8 Å². The minimum absolute atomic E-state index is 0.0696. The number of hydrogen-bond donors (Lipinski definition) is 1. The maximum absolute atomic E-state index is 12.9. The number of hydrogen-bond acceptors (Lipinski definition) is 5. The van der Waals surface area contributed by atoms with Gasteiger partial charge in [0.05, 0.1) is 27.8 Å². The van der Waals surface area contributed by atoms with Gasteiger partial charge in [0.25, 0.3) is 0 Å². The summed E-state index contributed by atoms with van der Waals surface area (Å²) in [6.07, 6.45) is 6.99. The second-order valence-corrected chi connectivity index (χ2v) is 7.13. The number of ether oxygens (including phenoxy) is 3. The molecule has 0 aliphatic carbocycles. The summed E-state index contributed by atoms with van der Waals surface area (Å²) in [6.45, 7) is 1.27. The smallest absolute Gasteiger partial charge is 0.227 e. The van der Waals surface area contributed by atoms with Crippen molar-refractivity contribution in [2.24, 2.45) is 0 Å². The molecule has 0 atom stereocenters. The largest absolute Gasteiger partial charge is 0.493 e. The van der Waals surface area contributed by atoms with Gasteiger partial charge in [-0.15, -0.1) is 0 Å². The van der Waals surface area contributed by atoms with Crippen LogP contribution in [-0.4, -0.2) is 55.2 Å². The molecule has 0 spiro atoms. The van der Waals surface area contributed by atoms with E-state index in [-0.39, 0.29) is 12.3 Å². The van der Waals surface area contributed by atoms with Crippen LogP contribution in [-0.2, 0) is 11.2 Å². The van der Waals surface area contributed by atoms with Gasteiger partial charge >= 0.3 is 0 Å². The molecule has 30 heavy (non-hydrogen) atoms. The summed E-state index contributed by atoms with van der Waals surface area (Å²) in [5, 5.41) is 1.11. The maximum atomic E-state index is 12.9. The van der Waals surface area contributed by atoms with E-state index in [9.17, 15) is 4.79 Å². The molecule has 3 heterocycles. The van der Waals surface area contributed by atoms with Crippen molar-refractivity contribution in [1.29, 1.82) is 0 Å². The van der Waals surface area contributed by atoms with E-state index in [4.69, 9.17) is 14.2 Å². The van der Waals surface area contributed by atoms with Gasteiger partial charge in [-0.2, -0.15) is 0 Å². The molecule has 0 fully saturated rings. The molecule has 3 aromatic rings. The Hall–Kier alpha value is -3.48. The summed E-state index contributed by atoms with van der Waals surface area (Å²) < 4.78 is 16.1. The average molecular weight is 407 g/mol. The van der Waals surface area contributed by atoms with Crippen LogP contribution in [0.3, 0.4) is 0 Å². The molecule has 1 amide bonds. The molecule has 0 saturated carbocycles. The van der Waals surface area contributed by atoms with Crippen LogP contribution in [0, 0.1) is 0 Å². The molecule has 7 nitrogen and oxygen atoms in total. The molecule has 0 unspecified atom stereocenters. The highest BCUT2D eigenvalue weighted by molar-refractivity contribution is 5.91. The molecule has 1 aliphatic heterocycles. The number of carbonyl (C=O) groups is 1. The van der Waals surface area contributed by atoms with Crippen molar-refractivity contribution in [3.8, 4) is 17.2 Å². The molecule has 0 radical (unpaired) electrons. The Morgan fingerprint density at radius 1 is 1.17 bits per heavy atom. The van der Waals surface area contributed by atoms with E-state index in [1.54, 1.807) is 27.5 Å². The third-order valence-electron chi connectivity index (χ3n) is 5.44. The first kappa shape index (κ1) is 19.8. The van der Waals surface area contributed by atoms with Crippen molar-refractivity contribution < 1.29 is 19.0 Å². The van der Waals surface area contributed by atoms with Crippen LogP contribution in [0.5, 0.6) is 17.2 Å². The quantitative estimate of drug-likeness (QED) is 0.677. The predicted octanol–water partition coefficient (Wildman–Crippen LogP) is 3.45. The fourth-order valence-corrected chi connectivity index (χ4v) is 3.89. The number of pyridine rings is 1. The zero-order valence-electron chi connectivity index (χ0n) is 17.4. The highest BCUT2D eigenvalue weighted by Crippen LogP contribution is 2.38. The van der Waals surface area contributed by atoms with Gasteiger partial charge in [-0.25, -0.2) is 4.98 Å². The number of H-pyrrole nitrogens is 1. The molecular weight excluding hydrogens is 382 g/mol. The minimum atomic E-state index is 0.0696. The minimum Gasteiger partial charge on any atom is -0.493 e. The van der Waals surface area contributed by atoms with Crippen LogP contribution in [0.15, 0.2) is 42.7 Å². The topological polar surface area (TPSA) is 76.7 Å². The fourth-order valence-electron chi connectivity index (χ4n) is 3.89. The summed E-state index contributed by atoms with van der Waals surface area (Å²) >= 11 is 0.